The van der Waals surface area contributed by atoms with Crippen molar-refractivity contribution in [3.63, 3.8) is 0 Å². The first-order valence-corrected chi connectivity index (χ1v) is 5.18. The van der Waals surface area contributed by atoms with E-state index in [4.69, 9.17) is 4.42 Å². The second kappa shape index (κ2) is 5.73. The molecular weight excluding hydrogens is 164 g/mol. The van der Waals surface area contributed by atoms with Crippen LogP contribution in [0.5, 0.6) is 0 Å². The zero-order valence-electron chi connectivity index (χ0n) is 8.55. The lowest BCUT2D eigenvalue weighted by molar-refractivity contribution is 0.440. The number of nitrogens with zero attached hydrogens (tertiary/aromatic N) is 2. The van der Waals surface area contributed by atoms with Gasteiger partial charge >= 0.3 is 0 Å². The molecule has 0 aliphatic carbocycles. The van der Waals surface area contributed by atoms with E-state index in [1.165, 1.54) is 12.8 Å². The van der Waals surface area contributed by atoms with Crippen molar-refractivity contribution in [2.75, 3.05) is 0 Å². The van der Waals surface area contributed by atoms with Crippen LogP contribution < -0.4 is 0 Å². The minimum Gasteiger partial charge on any atom is -0.425 e. The zero-order valence-corrected chi connectivity index (χ0v) is 8.55. The lowest BCUT2D eigenvalue weighted by Gasteiger charge is -1.92. The van der Waals surface area contributed by atoms with Gasteiger partial charge in [-0.2, -0.15) is 0 Å². The van der Waals surface area contributed by atoms with E-state index in [2.05, 4.69) is 24.0 Å². The molecule has 0 unspecified atom stereocenters. The Morgan fingerprint density at radius 3 is 2.23 bits per heavy atom. The number of hydrogen-bond acceptors (Lipinski definition) is 3. The average molecular weight is 182 g/mol. The molecule has 0 saturated heterocycles. The van der Waals surface area contributed by atoms with Crippen LogP contribution in [0.25, 0.3) is 0 Å². The smallest absolute Gasteiger partial charge is 0.216 e. The summed E-state index contributed by atoms with van der Waals surface area (Å²) in [5.74, 6) is 1.59. The molecule has 0 aliphatic rings. The number of rotatable bonds is 6. The fourth-order valence-electron chi connectivity index (χ4n) is 1.23. The molecule has 3 heteroatoms. The predicted octanol–water partition coefficient (Wildman–Crippen LogP) is 2.75. The number of aryl methyl sites for hydroxylation is 2. The molecule has 1 aromatic rings. The topological polar surface area (TPSA) is 38.9 Å². The molecule has 0 amide bonds. The highest BCUT2D eigenvalue weighted by atomic mass is 16.4. The highest BCUT2D eigenvalue weighted by Crippen LogP contribution is 2.06. The fourth-order valence-corrected chi connectivity index (χ4v) is 1.23. The Hall–Kier alpha value is -0.860. The van der Waals surface area contributed by atoms with Crippen LogP contribution in [0.3, 0.4) is 0 Å². The minimum absolute atomic E-state index is 0.786. The van der Waals surface area contributed by atoms with Crippen LogP contribution in [0.4, 0.5) is 0 Å². The highest BCUT2D eigenvalue weighted by molar-refractivity contribution is 4.81. The van der Waals surface area contributed by atoms with Gasteiger partial charge in [0, 0.05) is 12.8 Å². The molecule has 0 bridgehead atoms. The summed E-state index contributed by atoms with van der Waals surface area (Å²) >= 11 is 0. The van der Waals surface area contributed by atoms with Crippen molar-refractivity contribution < 1.29 is 4.42 Å². The predicted molar refractivity (Wildman–Crippen MR) is 51.5 cm³/mol. The summed E-state index contributed by atoms with van der Waals surface area (Å²) in [6, 6.07) is 0. The van der Waals surface area contributed by atoms with Crippen molar-refractivity contribution in [1.29, 1.82) is 0 Å². The molecular formula is C10H18N2O. The Morgan fingerprint density at radius 1 is 0.923 bits per heavy atom. The quantitative estimate of drug-likeness (QED) is 0.635. The van der Waals surface area contributed by atoms with Gasteiger partial charge in [-0.25, -0.2) is 0 Å². The summed E-state index contributed by atoms with van der Waals surface area (Å²) in [7, 11) is 0. The van der Waals surface area contributed by atoms with Gasteiger partial charge in [0.05, 0.1) is 0 Å². The Balaban J connectivity index is 2.31. The molecule has 0 atom stereocenters. The van der Waals surface area contributed by atoms with Crippen molar-refractivity contribution in [3.8, 4) is 0 Å². The first kappa shape index (κ1) is 10.2. The van der Waals surface area contributed by atoms with Gasteiger partial charge in [-0.1, -0.05) is 26.7 Å². The van der Waals surface area contributed by atoms with Crippen LogP contribution in [0.1, 0.15) is 51.3 Å². The molecule has 1 aromatic heterocycles. The van der Waals surface area contributed by atoms with Crippen molar-refractivity contribution in [1.82, 2.24) is 10.2 Å². The lowest BCUT2D eigenvalue weighted by atomic mass is 10.2. The molecule has 13 heavy (non-hydrogen) atoms. The van der Waals surface area contributed by atoms with E-state index in [0.29, 0.717) is 0 Å². The summed E-state index contributed by atoms with van der Waals surface area (Å²) in [6.45, 7) is 4.30. The summed E-state index contributed by atoms with van der Waals surface area (Å²) in [4.78, 5) is 0. The third-order valence-electron chi connectivity index (χ3n) is 1.97. The zero-order chi connectivity index (χ0) is 9.52. The molecule has 0 N–H and O–H groups in total. The van der Waals surface area contributed by atoms with Crippen molar-refractivity contribution in [2.24, 2.45) is 0 Å². The maximum absolute atomic E-state index is 5.45. The van der Waals surface area contributed by atoms with E-state index in [-0.39, 0.29) is 0 Å². The summed E-state index contributed by atoms with van der Waals surface area (Å²) in [5, 5.41) is 7.96. The molecule has 0 saturated carbocycles. The molecule has 0 spiro atoms. The molecule has 0 aliphatic heterocycles. The molecule has 0 aromatic carbocycles. The van der Waals surface area contributed by atoms with Crippen LogP contribution in [0.2, 0.25) is 0 Å². The number of aromatic nitrogens is 2. The first-order chi connectivity index (χ1) is 6.36. The van der Waals surface area contributed by atoms with Crippen LogP contribution >= 0.6 is 0 Å². The van der Waals surface area contributed by atoms with Gasteiger partial charge in [0.1, 0.15) is 0 Å². The van der Waals surface area contributed by atoms with Crippen molar-refractivity contribution >= 4 is 0 Å². The van der Waals surface area contributed by atoms with Gasteiger partial charge < -0.3 is 4.42 Å². The molecule has 1 heterocycles. The van der Waals surface area contributed by atoms with Gasteiger partial charge in [0.2, 0.25) is 11.8 Å². The standard InChI is InChI=1S/C10H18N2O/c1-3-5-6-8-10-12-11-9(13-10)7-4-2/h3-8H2,1-2H3. The lowest BCUT2D eigenvalue weighted by Crippen LogP contribution is -1.84. The third kappa shape index (κ3) is 3.57. The monoisotopic (exact) mass is 182 g/mol. The maximum atomic E-state index is 5.45. The SMILES string of the molecule is CCCCCc1nnc(CCC)o1. The molecule has 0 radical (unpaired) electrons. The van der Waals surface area contributed by atoms with Gasteiger partial charge in [-0.3, -0.25) is 0 Å². The second-order valence-corrected chi connectivity index (χ2v) is 3.30. The first-order valence-electron chi connectivity index (χ1n) is 5.18. The van der Waals surface area contributed by atoms with E-state index in [0.717, 1.165) is 37.5 Å². The van der Waals surface area contributed by atoms with Gasteiger partial charge in [0.15, 0.2) is 0 Å². The summed E-state index contributed by atoms with van der Waals surface area (Å²) in [6.07, 6.45) is 6.54. The van der Waals surface area contributed by atoms with Crippen molar-refractivity contribution in [2.45, 2.75) is 52.4 Å². The number of hydrogen-bond donors (Lipinski definition) is 0. The van der Waals surface area contributed by atoms with E-state index >= 15 is 0 Å². The van der Waals surface area contributed by atoms with Gasteiger partial charge in [0.25, 0.3) is 0 Å². The Kier molecular flexibility index (Phi) is 4.50. The molecule has 3 nitrogen and oxygen atoms in total. The van der Waals surface area contributed by atoms with E-state index in [1.807, 2.05) is 0 Å². The fraction of sp³-hybridized carbons (Fsp3) is 0.800. The Morgan fingerprint density at radius 2 is 1.62 bits per heavy atom. The van der Waals surface area contributed by atoms with Gasteiger partial charge in [-0.05, 0) is 12.8 Å². The Labute approximate surface area is 79.6 Å². The van der Waals surface area contributed by atoms with Crippen molar-refractivity contribution in [3.05, 3.63) is 11.8 Å². The van der Waals surface area contributed by atoms with E-state index < -0.39 is 0 Å². The van der Waals surface area contributed by atoms with Crippen LogP contribution in [0.15, 0.2) is 4.42 Å². The molecule has 1 rings (SSSR count). The van der Waals surface area contributed by atoms with Crippen LogP contribution in [0, 0.1) is 0 Å². The van der Waals surface area contributed by atoms with Crippen LogP contribution in [-0.2, 0) is 12.8 Å². The number of unbranched alkanes of at least 4 members (excludes halogenated alkanes) is 2. The maximum Gasteiger partial charge on any atom is 0.216 e. The van der Waals surface area contributed by atoms with Gasteiger partial charge in [-0.15, -0.1) is 10.2 Å². The Bertz CT molecular complexity index is 233. The largest absolute Gasteiger partial charge is 0.425 e. The molecule has 74 valence electrons. The van der Waals surface area contributed by atoms with E-state index in [1.54, 1.807) is 0 Å². The third-order valence-corrected chi connectivity index (χ3v) is 1.97. The highest BCUT2D eigenvalue weighted by Gasteiger charge is 2.03. The summed E-state index contributed by atoms with van der Waals surface area (Å²) in [5.41, 5.74) is 0. The second-order valence-electron chi connectivity index (χ2n) is 3.30. The minimum atomic E-state index is 0.786. The molecule has 0 fully saturated rings. The normalized spacial score (nSPS) is 10.6. The average Bonchev–Trinajstić information content (AvgIpc) is 2.54. The van der Waals surface area contributed by atoms with E-state index in [9.17, 15) is 0 Å². The summed E-state index contributed by atoms with van der Waals surface area (Å²) < 4.78 is 5.45. The van der Waals surface area contributed by atoms with Crippen LogP contribution in [-0.4, -0.2) is 10.2 Å².